The Morgan fingerprint density at radius 3 is 2.53 bits per heavy atom. The van der Waals surface area contributed by atoms with Gasteiger partial charge < -0.3 is 9.47 Å². The van der Waals surface area contributed by atoms with E-state index >= 15 is 0 Å². The second kappa shape index (κ2) is 6.88. The molecule has 0 spiro atoms. The number of rotatable bonds is 6. The van der Waals surface area contributed by atoms with Crippen LogP contribution in [0.5, 0.6) is 5.75 Å². The molecule has 1 aromatic carbocycles. The lowest BCUT2D eigenvalue weighted by Gasteiger charge is -2.11. The molecule has 0 saturated carbocycles. The van der Waals surface area contributed by atoms with Crippen molar-refractivity contribution in [2.24, 2.45) is 0 Å². The van der Waals surface area contributed by atoms with Gasteiger partial charge in [-0.3, -0.25) is 0 Å². The van der Waals surface area contributed by atoms with Gasteiger partial charge in [0.2, 0.25) is 0 Å². The first kappa shape index (κ1) is 16.7. The van der Waals surface area contributed by atoms with Gasteiger partial charge >= 0.3 is 0 Å². The van der Waals surface area contributed by atoms with E-state index in [1.54, 1.807) is 0 Å². The van der Waals surface area contributed by atoms with E-state index in [2.05, 4.69) is 15.9 Å². The van der Waals surface area contributed by atoms with Gasteiger partial charge in [0.25, 0.3) is 9.05 Å². The lowest BCUT2D eigenvalue weighted by molar-refractivity contribution is 0.0550. The molecular formula is C11H13BrClFO4S. The quantitative estimate of drug-likeness (QED) is 0.565. The molecule has 0 saturated heterocycles. The van der Waals surface area contributed by atoms with Crippen molar-refractivity contribution >= 4 is 35.7 Å². The molecule has 0 fully saturated rings. The van der Waals surface area contributed by atoms with Crippen LogP contribution in [-0.4, -0.2) is 27.7 Å². The van der Waals surface area contributed by atoms with Crippen LogP contribution in [0, 0.1) is 5.82 Å². The van der Waals surface area contributed by atoms with E-state index in [0.717, 1.165) is 12.1 Å². The Morgan fingerprint density at radius 1 is 1.37 bits per heavy atom. The molecule has 0 amide bonds. The van der Waals surface area contributed by atoms with E-state index in [9.17, 15) is 12.8 Å². The minimum Gasteiger partial charge on any atom is -0.490 e. The van der Waals surface area contributed by atoms with Crippen molar-refractivity contribution in [1.82, 2.24) is 0 Å². The van der Waals surface area contributed by atoms with Crippen LogP contribution in [0.25, 0.3) is 0 Å². The van der Waals surface area contributed by atoms with Crippen molar-refractivity contribution in [2.45, 2.75) is 24.8 Å². The van der Waals surface area contributed by atoms with E-state index in [1.807, 2.05) is 13.8 Å². The van der Waals surface area contributed by atoms with Crippen LogP contribution in [0.4, 0.5) is 4.39 Å². The average Bonchev–Trinajstić information content (AvgIpc) is 2.26. The third-order valence-corrected chi connectivity index (χ3v) is 4.00. The summed E-state index contributed by atoms with van der Waals surface area (Å²) in [5.74, 6) is -0.771. The topological polar surface area (TPSA) is 52.6 Å². The molecule has 0 aliphatic carbocycles. The van der Waals surface area contributed by atoms with Crippen molar-refractivity contribution < 1.29 is 22.3 Å². The molecule has 8 heteroatoms. The maximum atomic E-state index is 13.6. The van der Waals surface area contributed by atoms with Crippen molar-refractivity contribution in [3.8, 4) is 5.75 Å². The van der Waals surface area contributed by atoms with Gasteiger partial charge in [-0.2, -0.15) is 0 Å². The van der Waals surface area contributed by atoms with E-state index in [-0.39, 0.29) is 18.5 Å². The lowest BCUT2D eigenvalue weighted by Crippen LogP contribution is -2.11. The molecule has 0 aromatic heterocycles. The Kier molecular flexibility index (Phi) is 6.04. The molecule has 0 radical (unpaired) electrons. The van der Waals surface area contributed by atoms with E-state index in [4.69, 9.17) is 20.2 Å². The fourth-order valence-corrected chi connectivity index (χ4v) is 2.76. The highest BCUT2D eigenvalue weighted by molar-refractivity contribution is 9.10. The molecule has 0 unspecified atom stereocenters. The summed E-state index contributed by atoms with van der Waals surface area (Å²) in [5, 5.41) is 0. The minimum atomic E-state index is -4.12. The van der Waals surface area contributed by atoms with E-state index in [1.165, 1.54) is 0 Å². The number of halogens is 3. The summed E-state index contributed by atoms with van der Waals surface area (Å²) < 4.78 is 46.6. The fraction of sp³-hybridized carbons (Fsp3) is 0.455. The molecule has 1 aromatic rings. The monoisotopic (exact) mass is 374 g/mol. The smallest absolute Gasteiger partial charge is 0.264 e. The molecule has 0 aliphatic heterocycles. The van der Waals surface area contributed by atoms with Crippen molar-refractivity contribution in [3.05, 3.63) is 22.4 Å². The Labute approximate surface area is 124 Å². The standard InChI is InChI=1S/C11H13BrClFO4S/c1-7(2)17-3-4-18-10-6-9(14)11(5-8(10)12)19(13,15)16/h5-7H,3-4H2,1-2H3. The predicted octanol–water partition coefficient (Wildman–Crippen LogP) is 3.32. The molecule has 1 rings (SSSR count). The molecule has 19 heavy (non-hydrogen) atoms. The van der Waals surface area contributed by atoms with Crippen LogP contribution in [0.15, 0.2) is 21.5 Å². The molecule has 0 atom stereocenters. The molecule has 0 N–H and O–H groups in total. The summed E-state index contributed by atoms with van der Waals surface area (Å²) in [6.45, 7) is 4.34. The Morgan fingerprint density at radius 2 is 2.00 bits per heavy atom. The van der Waals surface area contributed by atoms with Gasteiger partial charge in [0.05, 0.1) is 17.2 Å². The van der Waals surface area contributed by atoms with Crippen LogP contribution in [-0.2, 0) is 13.8 Å². The average molecular weight is 376 g/mol. The molecule has 0 heterocycles. The van der Waals surface area contributed by atoms with Crippen molar-refractivity contribution in [1.29, 1.82) is 0 Å². The molecule has 4 nitrogen and oxygen atoms in total. The van der Waals surface area contributed by atoms with Crippen molar-refractivity contribution in [2.75, 3.05) is 13.2 Å². The maximum absolute atomic E-state index is 13.6. The van der Waals surface area contributed by atoms with Gasteiger partial charge in [-0.25, -0.2) is 12.8 Å². The van der Waals surface area contributed by atoms with Gasteiger partial charge in [0.15, 0.2) is 0 Å². The van der Waals surface area contributed by atoms with Crippen LogP contribution in [0.1, 0.15) is 13.8 Å². The highest BCUT2D eigenvalue weighted by Gasteiger charge is 2.19. The molecule has 0 aliphatic rings. The Bertz CT molecular complexity index is 548. The zero-order chi connectivity index (χ0) is 14.6. The summed E-state index contributed by atoms with van der Waals surface area (Å²) in [4.78, 5) is -0.591. The normalized spacial score (nSPS) is 11.9. The lowest BCUT2D eigenvalue weighted by atomic mass is 10.3. The zero-order valence-corrected chi connectivity index (χ0v) is 13.5. The summed E-state index contributed by atoms with van der Waals surface area (Å²) in [5.41, 5.74) is 0. The van der Waals surface area contributed by atoms with Crippen LogP contribution in [0.3, 0.4) is 0 Å². The second-order valence-corrected chi connectivity index (χ2v) is 7.31. The second-order valence-electron chi connectivity index (χ2n) is 3.92. The van der Waals surface area contributed by atoms with Gasteiger partial charge in [-0.1, -0.05) is 0 Å². The molecular weight excluding hydrogens is 363 g/mol. The van der Waals surface area contributed by atoms with Gasteiger partial charge in [-0.05, 0) is 35.8 Å². The first-order valence-electron chi connectivity index (χ1n) is 5.40. The summed E-state index contributed by atoms with van der Waals surface area (Å²) in [6, 6.07) is 2.03. The summed E-state index contributed by atoms with van der Waals surface area (Å²) >= 11 is 3.10. The van der Waals surface area contributed by atoms with Crippen LogP contribution in [0.2, 0.25) is 0 Å². The van der Waals surface area contributed by atoms with Crippen LogP contribution >= 0.6 is 26.6 Å². The summed E-state index contributed by atoms with van der Waals surface area (Å²) in [7, 11) is 0.978. The van der Waals surface area contributed by atoms with Gasteiger partial charge in [0.1, 0.15) is 23.1 Å². The third kappa shape index (κ3) is 5.25. The minimum absolute atomic E-state index is 0.0764. The predicted molar refractivity (Wildman–Crippen MR) is 73.7 cm³/mol. The first-order chi connectivity index (χ1) is 8.71. The van der Waals surface area contributed by atoms with Crippen LogP contribution < -0.4 is 4.74 Å². The van der Waals surface area contributed by atoms with E-state index < -0.39 is 19.8 Å². The summed E-state index contributed by atoms with van der Waals surface area (Å²) in [6.07, 6.45) is 0.0764. The Hall–Kier alpha value is -0.370. The number of ether oxygens (including phenoxy) is 2. The third-order valence-electron chi connectivity index (χ3n) is 2.04. The highest BCUT2D eigenvalue weighted by Crippen LogP contribution is 2.31. The molecule has 108 valence electrons. The maximum Gasteiger partial charge on any atom is 0.264 e. The highest BCUT2D eigenvalue weighted by atomic mass is 79.9. The van der Waals surface area contributed by atoms with E-state index in [0.29, 0.717) is 11.1 Å². The SMILES string of the molecule is CC(C)OCCOc1cc(F)c(S(=O)(=O)Cl)cc1Br. The number of benzene rings is 1. The fourth-order valence-electron chi connectivity index (χ4n) is 1.24. The van der Waals surface area contributed by atoms with Crippen molar-refractivity contribution in [3.63, 3.8) is 0 Å². The number of hydrogen-bond acceptors (Lipinski definition) is 4. The molecule has 0 bridgehead atoms. The largest absolute Gasteiger partial charge is 0.490 e. The zero-order valence-electron chi connectivity index (χ0n) is 10.3. The van der Waals surface area contributed by atoms with Gasteiger partial charge in [-0.15, -0.1) is 0 Å². The van der Waals surface area contributed by atoms with Gasteiger partial charge in [0, 0.05) is 16.7 Å². The number of hydrogen-bond donors (Lipinski definition) is 0. The Balaban J connectivity index is 2.80. The first-order valence-corrected chi connectivity index (χ1v) is 8.50.